The summed E-state index contributed by atoms with van der Waals surface area (Å²) in [6, 6.07) is 2.28. The van der Waals surface area contributed by atoms with E-state index in [-0.39, 0.29) is 6.01 Å². The van der Waals surface area contributed by atoms with Crippen molar-refractivity contribution in [3.05, 3.63) is 23.5 Å². The van der Waals surface area contributed by atoms with Gasteiger partial charge in [-0.25, -0.2) is 4.98 Å². The molecule has 6 heteroatoms. The van der Waals surface area contributed by atoms with Crippen LogP contribution in [0.5, 0.6) is 11.9 Å². The Labute approximate surface area is 135 Å². The molecule has 23 heavy (non-hydrogen) atoms. The van der Waals surface area contributed by atoms with Gasteiger partial charge >= 0.3 is 6.01 Å². The maximum absolute atomic E-state index is 5.33. The van der Waals surface area contributed by atoms with Crippen LogP contribution in [-0.4, -0.2) is 34.4 Å². The van der Waals surface area contributed by atoms with Gasteiger partial charge < -0.3 is 9.47 Å². The minimum atomic E-state index is 0.256. The Kier molecular flexibility index (Phi) is 4.38. The molecule has 0 radical (unpaired) electrons. The van der Waals surface area contributed by atoms with E-state index < -0.39 is 0 Å². The molecule has 6 nitrogen and oxygen atoms in total. The Morgan fingerprint density at radius 3 is 2.70 bits per heavy atom. The van der Waals surface area contributed by atoms with E-state index in [9.17, 15) is 0 Å². The topological polar surface area (TPSA) is 70.0 Å². The van der Waals surface area contributed by atoms with Crippen LogP contribution in [0.1, 0.15) is 43.4 Å². The molecule has 2 heterocycles. The number of rotatable bonds is 4. The van der Waals surface area contributed by atoms with Crippen molar-refractivity contribution in [2.75, 3.05) is 14.2 Å². The van der Waals surface area contributed by atoms with Crippen molar-refractivity contribution in [3.8, 4) is 35.0 Å². The van der Waals surface area contributed by atoms with Gasteiger partial charge in [0.1, 0.15) is 11.4 Å². The van der Waals surface area contributed by atoms with Gasteiger partial charge in [-0.3, -0.25) is 0 Å². The number of hydrogen-bond acceptors (Lipinski definition) is 6. The lowest BCUT2D eigenvalue weighted by Gasteiger charge is -2.09. The van der Waals surface area contributed by atoms with Gasteiger partial charge in [-0.2, -0.15) is 4.98 Å². The summed E-state index contributed by atoms with van der Waals surface area (Å²) < 4.78 is 10.4. The lowest BCUT2D eigenvalue weighted by Crippen LogP contribution is -2.01. The quantitative estimate of drug-likeness (QED) is 0.808. The zero-order valence-electron chi connectivity index (χ0n) is 13.5. The fourth-order valence-electron chi connectivity index (χ4n) is 2.29. The first-order valence-electron chi connectivity index (χ1n) is 7.58. The molecule has 3 rings (SSSR count). The van der Waals surface area contributed by atoms with Gasteiger partial charge in [0.25, 0.3) is 0 Å². The Morgan fingerprint density at radius 2 is 2.04 bits per heavy atom. The van der Waals surface area contributed by atoms with Crippen LogP contribution in [0.3, 0.4) is 0 Å². The summed E-state index contributed by atoms with van der Waals surface area (Å²) in [5, 5.41) is 8.59. The van der Waals surface area contributed by atoms with Crippen LogP contribution in [0.25, 0.3) is 11.3 Å². The summed E-state index contributed by atoms with van der Waals surface area (Å²) in [5.41, 5.74) is 3.30. The van der Waals surface area contributed by atoms with Crippen molar-refractivity contribution >= 4 is 0 Å². The van der Waals surface area contributed by atoms with Gasteiger partial charge in [-0.05, 0) is 36.3 Å². The molecule has 0 aliphatic heterocycles. The van der Waals surface area contributed by atoms with E-state index >= 15 is 0 Å². The molecule has 0 saturated heterocycles. The van der Waals surface area contributed by atoms with Crippen LogP contribution < -0.4 is 9.47 Å². The summed E-state index contributed by atoms with van der Waals surface area (Å²) in [7, 11) is 3.07. The minimum Gasteiger partial charge on any atom is -0.480 e. The van der Waals surface area contributed by atoms with Crippen LogP contribution in [0.4, 0.5) is 0 Å². The van der Waals surface area contributed by atoms with Gasteiger partial charge in [-0.1, -0.05) is 12.8 Å². The van der Waals surface area contributed by atoms with Crippen molar-refractivity contribution in [1.82, 2.24) is 20.2 Å². The van der Waals surface area contributed by atoms with E-state index in [1.165, 1.54) is 20.0 Å². The summed E-state index contributed by atoms with van der Waals surface area (Å²) >= 11 is 0. The number of aromatic nitrogens is 4. The normalized spacial score (nSPS) is 13.2. The molecule has 1 aliphatic carbocycles. The summed E-state index contributed by atoms with van der Waals surface area (Å²) in [5.74, 6) is 7.11. The summed E-state index contributed by atoms with van der Waals surface area (Å²) in [4.78, 5) is 8.33. The van der Waals surface area contributed by atoms with Crippen LogP contribution in [0.15, 0.2) is 12.3 Å². The second-order valence-electron chi connectivity index (χ2n) is 5.24. The second kappa shape index (κ2) is 6.61. The summed E-state index contributed by atoms with van der Waals surface area (Å²) in [6.07, 6.45) is 4.78. The predicted molar refractivity (Wildman–Crippen MR) is 85.3 cm³/mol. The van der Waals surface area contributed by atoms with Gasteiger partial charge in [0, 0.05) is 12.6 Å². The SMILES string of the molecule is CCC#Cc1nnc(-c2cnc(OC)nc2OC)cc1C1CC1. The fourth-order valence-corrected chi connectivity index (χ4v) is 2.29. The number of hydrogen-bond donors (Lipinski definition) is 0. The van der Waals surface area contributed by atoms with Crippen LogP contribution in [0, 0.1) is 11.8 Å². The lowest BCUT2D eigenvalue weighted by molar-refractivity contribution is 0.353. The molecule has 1 saturated carbocycles. The van der Waals surface area contributed by atoms with E-state index in [2.05, 4.69) is 32.0 Å². The Bertz CT molecular complexity index is 776. The molecule has 1 aliphatic rings. The Balaban J connectivity index is 2.05. The highest BCUT2D eigenvalue weighted by Crippen LogP contribution is 2.42. The van der Waals surface area contributed by atoms with Gasteiger partial charge in [-0.15, -0.1) is 10.2 Å². The van der Waals surface area contributed by atoms with Crippen LogP contribution in [-0.2, 0) is 0 Å². The third-order valence-corrected chi connectivity index (χ3v) is 3.61. The van der Waals surface area contributed by atoms with E-state index in [1.807, 2.05) is 13.0 Å². The van der Waals surface area contributed by atoms with Gasteiger partial charge in [0.05, 0.1) is 19.8 Å². The Hall–Kier alpha value is -2.68. The van der Waals surface area contributed by atoms with Crippen molar-refractivity contribution in [3.63, 3.8) is 0 Å². The molecule has 0 atom stereocenters. The van der Waals surface area contributed by atoms with E-state index in [0.717, 1.165) is 17.7 Å². The minimum absolute atomic E-state index is 0.256. The Morgan fingerprint density at radius 1 is 1.22 bits per heavy atom. The number of nitrogens with zero attached hydrogens (tertiary/aromatic N) is 4. The molecule has 1 fully saturated rings. The molecular formula is C17H18N4O2. The zero-order valence-corrected chi connectivity index (χ0v) is 13.5. The fraction of sp³-hybridized carbons (Fsp3) is 0.412. The highest BCUT2D eigenvalue weighted by atomic mass is 16.5. The zero-order chi connectivity index (χ0) is 16.2. The molecule has 2 aromatic rings. The smallest absolute Gasteiger partial charge is 0.319 e. The van der Waals surface area contributed by atoms with Crippen LogP contribution >= 0.6 is 0 Å². The van der Waals surface area contributed by atoms with E-state index in [0.29, 0.717) is 23.1 Å². The molecule has 0 spiro atoms. The first kappa shape index (κ1) is 15.2. The highest BCUT2D eigenvalue weighted by Gasteiger charge is 2.28. The van der Waals surface area contributed by atoms with Crippen LogP contribution in [0.2, 0.25) is 0 Å². The molecule has 2 aromatic heterocycles. The first-order valence-corrected chi connectivity index (χ1v) is 7.58. The number of ether oxygens (including phenoxy) is 2. The average Bonchev–Trinajstić information content (AvgIpc) is 3.44. The molecule has 0 amide bonds. The maximum Gasteiger partial charge on any atom is 0.319 e. The summed E-state index contributed by atoms with van der Waals surface area (Å²) in [6.45, 7) is 2.02. The van der Waals surface area contributed by atoms with Crippen molar-refractivity contribution in [1.29, 1.82) is 0 Å². The number of methoxy groups -OCH3 is 2. The molecule has 118 valence electrons. The van der Waals surface area contributed by atoms with Gasteiger partial charge in [0.15, 0.2) is 0 Å². The van der Waals surface area contributed by atoms with E-state index in [4.69, 9.17) is 9.47 Å². The van der Waals surface area contributed by atoms with Crippen molar-refractivity contribution in [2.45, 2.75) is 32.1 Å². The molecule has 0 unspecified atom stereocenters. The average molecular weight is 310 g/mol. The van der Waals surface area contributed by atoms with Crippen molar-refractivity contribution < 1.29 is 9.47 Å². The van der Waals surface area contributed by atoms with E-state index in [1.54, 1.807) is 13.3 Å². The molecular weight excluding hydrogens is 292 g/mol. The molecule has 0 aromatic carbocycles. The third kappa shape index (κ3) is 3.24. The third-order valence-electron chi connectivity index (χ3n) is 3.61. The monoisotopic (exact) mass is 310 g/mol. The first-order chi connectivity index (χ1) is 11.3. The second-order valence-corrected chi connectivity index (χ2v) is 5.24. The lowest BCUT2D eigenvalue weighted by atomic mass is 10.1. The highest BCUT2D eigenvalue weighted by molar-refractivity contribution is 5.65. The molecule has 0 bridgehead atoms. The van der Waals surface area contributed by atoms with Crippen molar-refractivity contribution in [2.24, 2.45) is 0 Å². The molecule has 0 N–H and O–H groups in total. The predicted octanol–water partition coefficient (Wildman–Crippen LogP) is 2.59. The largest absolute Gasteiger partial charge is 0.480 e. The van der Waals surface area contributed by atoms with Gasteiger partial charge in [0.2, 0.25) is 5.88 Å². The standard InChI is InChI=1S/C17H18N4O2/c1-4-5-6-14-12(11-7-8-11)9-15(21-20-14)13-10-18-17(23-3)19-16(13)22-2/h9-11H,4,7-8H2,1-3H3. The maximum atomic E-state index is 5.33.